The summed E-state index contributed by atoms with van der Waals surface area (Å²) in [6.07, 6.45) is 8.35. The predicted molar refractivity (Wildman–Crippen MR) is 105 cm³/mol. The second kappa shape index (κ2) is 8.07. The summed E-state index contributed by atoms with van der Waals surface area (Å²) in [6, 6.07) is 6.16. The Hall–Kier alpha value is -1.78. The van der Waals surface area contributed by atoms with Gasteiger partial charge in [0.1, 0.15) is 5.82 Å². The van der Waals surface area contributed by atoms with Gasteiger partial charge in [-0.2, -0.15) is 0 Å². The maximum Gasteiger partial charge on any atom is 0.194 e. The molecule has 2 fully saturated rings. The highest BCUT2D eigenvalue weighted by Gasteiger charge is 2.39. The minimum absolute atomic E-state index is 0.553. The third-order valence-electron chi connectivity index (χ3n) is 5.63. The fourth-order valence-corrected chi connectivity index (χ4v) is 4.21. The molecule has 1 aromatic rings. The van der Waals surface area contributed by atoms with Crippen LogP contribution in [-0.2, 0) is 6.54 Å². The molecular weight excluding hydrogens is 310 g/mol. The summed E-state index contributed by atoms with van der Waals surface area (Å²) in [4.78, 5) is 14.1. The van der Waals surface area contributed by atoms with Crippen LogP contribution in [0.1, 0.15) is 51.1 Å². The number of hydrogen-bond donors (Lipinski definition) is 1. The second-order valence-corrected chi connectivity index (χ2v) is 7.78. The zero-order valence-corrected chi connectivity index (χ0v) is 16.1. The Balaban J connectivity index is 1.68. The summed E-state index contributed by atoms with van der Waals surface area (Å²) in [5.41, 5.74) is 1.57. The van der Waals surface area contributed by atoms with Crippen LogP contribution in [0.4, 0.5) is 5.82 Å². The highest BCUT2D eigenvalue weighted by molar-refractivity contribution is 5.80. The number of nitrogens with one attached hydrogen (secondary N) is 1. The van der Waals surface area contributed by atoms with E-state index in [0.717, 1.165) is 30.6 Å². The van der Waals surface area contributed by atoms with Gasteiger partial charge >= 0.3 is 0 Å². The molecule has 0 bridgehead atoms. The molecule has 0 radical (unpaired) electrons. The number of anilines is 1. The quantitative estimate of drug-likeness (QED) is 0.673. The van der Waals surface area contributed by atoms with Gasteiger partial charge in [0.15, 0.2) is 5.96 Å². The molecule has 0 atom stereocenters. The zero-order chi connectivity index (χ0) is 17.7. The molecule has 2 aliphatic rings. The van der Waals surface area contributed by atoms with E-state index < -0.39 is 0 Å². The minimum Gasteiger partial charge on any atom is -0.363 e. The first kappa shape index (κ1) is 18.0. The molecule has 25 heavy (non-hydrogen) atoms. The number of aliphatic imine (C=N–C) groups is 1. The van der Waals surface area contributed by atoms with Crippen LogP contribution in [0.2, 0.25) is 0 Å². The summed E-state index contributed by atoms with van der Waals surface area (Å²) < 4.78 is 0. The van der Waals surface area contributed by atoms with Gasteiger partial charge in [0, 0.05) is 33.7 Å². The molecule has 2 heterocycles. The van der Waals surface area contributed by atoms with Crippen molar-refractivity contribution in [3.05, 3.63) is 23.9 Å². The van der Waals surface area contributed by atoms with Crippen LogP contribution in [0, 0.1) is 5.41 Å². The van der Waals surface area contributed by atoms with Gasteiger partial charge in [0.05, 0.1) is 12.2 Å². The molecule has 0 unspecified atom stereocenters. The van der Waals surface area contributed by atoms with Crippen molar-refractivity contribution in [2.45, 2.75) is 52.0 Å². The van der Waals surface area contributed by atoms with Crippen molar-refractivity contribution in [3.63, 3.8) is 0 Å². The normalized spacial score (nSPS) is 20.1. The van der Waals surface area contributed by atoms with Crippen LogP contribution in [0.5, 0.6) is 0 Å². The van der Waals surface area contributed by atoms with Crippen LogP contribution in [0.15, 0.2) is 23.2 Å². The van der Waals surface area contributed by atoms with Gasteiger partial charge in [-0.05, 0) is 43.7 Å². The van der Waals surface area contributed by atoms with E-state index in [1.807, 2.05) is 25.1 Å². The molecule has 3 rings (SSSR count). The first-order chi connectivity index (χ1) is 12.1. The maximum absolute atomic E-state index is 4.89. The third-order valence-corrected chi connectivity index (χ3v) is 5.63. The summed E-state index contributed by atoms with van der Waals surface area (Å²) in [5, 5.41) is 3.49. The number of nitrogens with zero attached hydrogens (tertiary/aromatic N) is 4. The number of likely N-dealkylation sites (tertiary alicyclic amines) is 1. The van der Waals surface area contributed by atoms with Crippen LogP contribution < -0.4 is 10.2 Å². The summed E-state index contributed by atoms with van der Waals surface area (Å²) in [7, 11) is 4.04. The van der Waals surface area contributed by atoms with Gasteiger partial charge < -0.3 is 15.1 Å². The van der Waals surface area contributed by atoms with Crippen molar-refractivity contribution in [3.8, 4) is 0 Å². The van der Waals surface area contributed by atoms with Gasteiger partial charge in [-0.25, -0.2) is 9.98 Å². The molecule has 5 heteroatoms. The topological polar surface area (TPSA) is 43.8 Å². The first-order valence-corrected chi connectivity index (χ1v) is 9.78. The number of hydrogen-bond acceptors (Lipinski definition) is 3. The summed E-state index contributed by atoms with van der Waals surface area (Å²) in [5.74, 6) is 2.04. The van der Waals surface area contributed by atoms with E-state index in [2.05, 4.69) is 34.3 Å². The molecule has 1 aliphatic heterocycles. The van der Waals surface area contributed by atoms with E-state index in [9.17, 15) is 0 Å². The SMILES string of the molecule is CCNC(=NCc1cccc(N(C)C)n1)N1CCC2(CCCCC2)C1. The lowest BCUT2D eigenvalue weighted by molar-refractivity contribution is 0.203. The van der Waals surface area contributed by atoms with E-state index in [1.54, 1.807) is 0 Å². The number of pyridine rings is 1. The third kappa shape index (κ3) is 4.44. The Morgan fingerprint density at radius 3 is 2.76 bits per heavy atom. The molecular formula is C20H33N5. The Morgan fingerprint density at radius 1 is 1.24 bits per heavy atom. The lowest BCUT2D eigenvalue weighted by Gasteiger charge is -2.33. The Bertz CT molecular complexity index is 590. The zero-order valence-electron chi connectivity index (χ0n) is 16.1. The average molecular weight is 344 g/mol. The van der Waals surface area contributed by atoms with Crippen molar-refractivity contribution in [2.75, 3.05) is 38.6 Å². The van der Waals surface area contributed by atoms with Gasteiger partial charge in [0.25, 0.3) is 0 Å². The molecule has 1 N–H and O–H groups in total. The summed E-state index contributed by atoms with van der Waals surface area (Å²) in [6.45, 7) is 5.99. The van der Waals surface area contributed by atoms with E-state index in [-0.39, 0.29) is 0 Å². The van der Waals surface area contributed by atoms with E-state index in [0.29, 0.717) is 12.0 Å². The lowest BCUT2D eigenvalue weighted by Crippen LogP contribution is -2.41. The largest absolute Gasteiger partial charge is 0.363 e. The average Bonchev–Trinajstić information content (AvgIpc) is 3.02. The molecule has 1 aromatic heterocycles. The van der Waals surface area contributed by atoms with Crippen LogP contribution in [0.3, 0.4) is 0 Å². The number of guanidine groups is 1. The molecule has 1 spiro atoms. The minimum atomic E-state index is 0.553. The molecule has 1 aliphatic carbocycles. The van der Waals surface area contributed by atoms with Crippen molar-refractivity contribution in [2.24, 2.45) is 10.4 Å². The van der Waals surface area contributed by atoms with Crippen molar-refractivity contribution < 1.29 is 0 Å². The van der Waals surface area contributed by atoms with E-state index >= 15 is 0 Å². The highest BCUT2D eigenvalue weighted by Crippen LogP contribution is 2.43. The van der Waals surface area contributed by atoms with Gasteiger partial charge in [0.2, 0.25) is 0 Å². The van der Waals surface area contributed by atoms with Crippen LogP contribution in [0.25, 0.3) is 0 Å². The number of aromatic nitrogens is 1. The first-order valence-electron chi connectivity index (χ1n) is 9.78. The fourth-order valence-electron chi connectivity index (χ4n) is 4.21. The molecule has 5 nitrogen and oxygen atoms in total. The van der Waals surface area contributed by atoms with Crippen molar-refractivity contribution in [1.82, 2.24) is 15.2 Å². The van der Waals surface area contributed by atoms with Gasteiger partial charge in [-0.1, -0.05) is 25.3 Å². The maximum atomic E-state index is 4.89. The fraction of sp³-hybridized carbons (Fsp3) is 0.700. The summed E-state index contributed by atoms with van der Waals surface area (Å²) >= 11 is 0. The van der Waals surface area contributed by atoms with Crippen molar-refractivity contribution in [1.29, 1.82) is 0 Å². The van der Waals surface area contributed by atoms with Crippen molar-refractivity contribution >= 4 is 11.8 Å². The molecule has 0 aromatic carbocycles. The molecule has 0 amide bonds. The Kier molecular flexibility index (Phi) is 5.82. The second-order valence-electron chi connectivity index (χ2n) is 7.78. The molecule has 1 saturated carbocycles. The van der Waals surface area contributed by atoms with Gasteiger partial charge in [-0.15, -0.1) is 0 Å². The monoisotopic (exact) mass is 343 g/mol. The molecule has 1 saturated heterocycles. The smallest absolute Gasteiger partial charge is 0.194 e. The Morgan fingerprint density at radius 2 is 2.04 bits per heavy atom. The highest BCUT2D eigenvalue weighted by atomic mass is 15.3. The van der Waals surface area contributed by atoms with Crippen LogP contribution >= 0.6 is 0 Å². The predicted octanol–water partition coefficient (Wildman–Crippen LogP) is 3.27. The van der Waals surface area contributed by atoms with Gasteiger partial charge in [-0.3, -0.25) is 0 Å². The Labute approximate surface area is 152 Å². The van der Waals surface area contributed by atoms with E-state index in [1.165, 1.54) is 45.1 Å². The van der Waals surface area contributed by atoms with E-state index in [4.69, 9.17) is 4.99 Å². The molecule has 138 valence electrons. The number of rotatable bonds is 4. The standard InChI is InChI=1S/C20H33N5/c1-4-21-19(22-15-17-9-8-10-18(23-17)24(2)3)25-14-13-20(16-25)11-6-5-7-12-20/h8-10H,4-7,11-16H2,1-3H3,(H,21,22). The van der Waals surface area contributed by atoms with Crippen LogP contribution in [-0.4, -0.2) is 49.6 Å². The lowest BCUT2D eigenvalue weighted by atomic mass is 9.73.